The Labute approximate surface area is 133 Å². The van der Waals surface area contributed by atoms with E-state index in [1.165, 1.54) is 23.6 Å². The zero-order valence-electron chi connectivity index (χ0n) is 12.4. The molecule has 0 aliphatic carbocycles. The fourth-order valence-electron chi connectivity index (χ4n) is 2.58. The van der Waals surface area contributed by atoms with Crippen molar-refractivity contribution in [3.63, 3.8) is 0 Å². The van der Waals surface area contributed by atoms with E-state index in [2.05, 4.69) is 26.2 Å². The molecule has 1 aliphatic heterocycles. The van der Waals surface area contributed by atoms with Crippen LogP contribution < -0.4 is 10.2 Å². The zero-order valence-corrected chi connectivity index (χ0v) is 14.0. The third-order valence-electron chi connectivity index (χ3n) is 3.64. The van der Waals surface area contributed by atoms with Gasteiger partial charge in [-0.2, -0.15) is 11.8 Å². The number of nitrogens with one attached hydrogen (secondary N) is 1. The first-order valence-electron chi connectivity index (χ1n) is 7.37. The van der Waals surface area contributed by atoms with Crippen molar-refractivity contribution >= 4 is 33.9 Å². The van der Waals surface area contributed by atoms with E-state index in [-0.39, 0.29) is 0 Å². The van der Waals surface area contributed by atoms with Gasteiger partial charge in [-0.3, -0.25) is 4.40 Å². The number of anilines is 1. The average Bonchev–Trinajstić information content (AvgIpc) is 2.96. The van der Waals surface area contributed by atoms with Gasteiger partial charge in [0.05, 0.1) is 12.3 Å². The summed E-state index contributed by atoms with van der Waals surface area (Å²) in [6.07, 6.45) is 3.36. The Kier molecular flexibility index (Phi) is 5.40. The fourth-order valence-corrected chi connectivity index (χ4v) is 4.19. The van der Waals surface area contributed by atoms with Crippen molar-refractivity contribution in [1.29, 1.82) is 0 Å². The van der Waals surface area contributed by atoms with Crippen LogP contribution in [0.15, 0.2) is 11.6 Å². The molecular formula is C14H22N4OS2. The summed E-state index contributed by atoms with van der Waals surface area (Å²) >= 11 is 3.75. The molecule has 2 aromatic rings. The SMILES string of the molecule is COCCNCc1c(N2CCCSCC2)nc2sccn12. The number of methoxy groups -OCH3 is 1. The Morgan fingerprint density at radius 2 is 2.33 bits per heavy atom. The van der Waals surface area contributed by atoms with Crippen molar-refractivity contribution in [2.45, 2.75) is 13.0 Å². The predicted octanol–water partition coefficient (Wildman–Crippen LogP) is 2.08. The summed E-state index contributed by atoms with van der Waals surface area (Å²) in [5.74, 6) is 3.62. The first-order chi connectivity index (χ1) is 10.4. The summed E-state index contributed by atoms with van der Waals surface area (Å²) in [7, 11) is 1.73. The first kappa shape index (κ1) is 15.1. The molecule has 0 atom stereocenters. The second-order valence-electron chi connectivity index (χ2n) is 5.06. The minimum atomic E-state index is 0.737. The highest BCUT2D eigenvalue weighted by atomic mass is 32.2. The number of nitrogens with zero attached hydrogens (tertiary/aromatic N) is 3. The molecule has 0 aromatic carbocycles. The molecule has 1 aliphatic rings. The lowest BCUT2D eigenvalue weighted by atomic mass is 10.3. The normalized spacial score (nSPS) is 16.5. The van der Waals surface area contributed by atoms with Gasteiger partial charge in [0.1, 0.15) is 0 Å². The molecule has 2 aromatic heterocycles. The summed E-state index contributed by atoms with van der Waals surface area (Å²) in [6.45, 7) is 4.65. The summed E-state index contributed by atoms with van der Waals surface area (Å²) in [4.78, 5) is 8.40. The summed E-state index contributed by atoms with van der Waals surface area (Å²) in [6, 6.07) is 0. The van der Waals surface area contributed by atoms with E-state index >= 15 is 0 Å². The van der Waals surface area contributed by atoms with Gasteiger partial charge in [-0.1, -0.05) is 0 Å². The third-order valence-corrected chi connectivity index (χ3v) is 5.44. The highest BCUT2D eigenvalue weighted by molar-refractivity contribution is 7.99. The molecule has 0 spiro atoms. The van der Waals surface area contributed by atoms with E-state index in [1.807, 2.05) is 11.8 Å². The van der Waals surface area contributed by atoms with E-state index in [4.69, 9.17) is 9.72 Å². The number of ether oxygens (including phenoxy) is 1. The number of thiazole rings is 1. The van der Waals surface area contributed by atoms with Gasteiger partial charge in [-0.25, -0.2) is 4.98 Å². The number of fused-ring (bicyclic) bond motifs is 1. The number of aromatic nitrogens is 2. The van der Waals surface area contributed by atoms with Crippen molar-refractivity contribution < 1.29 is 4.74 Å². The molecule has 3 rings (SSSR count). The lowest BCUT2D eigenvalue weighted by Gasteiger charge is -2.21. The van der Waals surface area contributed by atoms with Gasteiger partial charge in [-0.05, 0) is 12.2 Å². The van der Waals surface area contributed by atoms with Crippen LogP contribution in [0.25, 0.3) is 4.96 Å². The van der Waals surface area contributed by atoms with Crippen molar-refractivity contribution in [3.8, 4) is 0 Å². The standard InChI is InChI=1S/C14H22N4OS2/c1-19-7-3-15-11-12-13(16-14-18(12)6-10-21-14)17-4-2-8-20-9-5-17/h6,10,15H,2-5,7-9,11H2,1H3. The third kappa shape index (κ3) is 3.53. The van der Waals surface area contributed by atoms with Gasteiger partial charge >= 0.3 is 0 Å². The molecule has 1 N–H and O–H groups in total. The van der Waals surface area contributed by atoms with Crippen LogP contribution >= 0.6 is 23.1 Å². The first-order valence-corrected chi connectivity index (χ1v) is 9.40. The number of rotatable bonds is 6. The summed E-state index contributed by atoms with van der Waals surface area (Å²) in [5, 5.41) is 5.55. The Morgan fingerprint density at radius 1 is 1.38 bits per heavy atom. The molecule has 3 heterocycles. The lowest BCUT2D eigenvalue weighted by Crippen LogP contribution is -2.28. The van der Waals surface area contributed by atoms with E-state index in [1.54, 1.807) is 18.4 Å². The molecule has 0 unspecified atom stereocenters. The van der Waals surface area contributed by atoms with Gasteiger partial charge in [0.25, 0.3) is 0 Å². The maximum atomic E-state index is 5.10. The molecule has 5 nitrogen and oxygen atoms in total. The Morgan fingerprint density at radius 3 is 3.24 bits per heavy atom. The number of imidazole rings is 1. The maximum absolute atomic E-state index is 5.10. The van der Waals surface area contributed by atoms with Gasteiger partial charge < -0.3 is 15.0 Å². The molecule has 0 saturated carbocycles. The van der Waals surface area contributed by atoms with Gasteiger partial charge in [-0.15, -0.1) is 11.3 Å². The van der Waals surface area contributed by atoms with E-state index in [0.717, 1.165) is 43.6 Å². The monoisotopic (exact) mass is 326 g/mol. The molecule has 7 heteroatoms. The van der Waals surface area contributed by atoms with Crippen molar-refractivity contribution in [3.05, 3.63) is 17.3 Å². The molecule has 0 radical (unpaired) electrons. The van der Waals surface area contributed by atoms with Crippen LogP contribution in [0.3, 0.4) is 0 Å². The molecule has 1 saturated heterocycles. The number of thioether (sulfide) groups is 1. The van der Waals surface area contributed by atoms with Crippen molar-refractivity contribution in [2.75, 3.05) is 49.8 Å². The second-order valence-corrected chi connectivity index (χ2v) is 7.16. The highest BCUT2D eigenvalue weighted by Gasteiger charge is 2.19. The second kappa shape index (κ2) is 7.49. The molecule has 0 bridgehead atoms. The van der Waals surface area contributed by atoms with Gasteiger partial charge in [0.2, 0.25) is 0 Å². The van der Waals surface area contributed by atoms with Crippen molar-refractivity contribution in [1.82, 2.24) is 14.7 Å². The fraction of sp³-hybridized carbons (Fsp3) is 0.643. The van der Waals surface area contributed by atoms with Gasteiger partial charge in [0, 0.05) is 50.6 Å². The molecule has 116 valence electrons. The average molecular weight is 326 g/mol. The quantitative estimate of drug-likeness (QED) is 0.823. The minimum absolute atomic E-state index is 0.737. The minimum Gasteiger partial charge on any atom is -0.383 e. The number of hydrogen-bond acceptors (Lipinski definition) is 6. The smallest absolute Gasteiger partial charge is 0.195 e. The predicted molar refractivity (Wildman–Crippen MR) is 90.8 cm³/mol. The zero-order chi connectivity index (χ0) is 14.5. The highest BCUT2D eigenvalue weighted by Crippen LogP contribution is 2.26. The van der Waals surface area contributed by atoms with Crippen LogP contribution in [-0.4, -0.2) is 54.2 Å². The summed E-state index contributed by atoms with van der Waals surface area (Å²) in [5.41, 5.74) is 1.27. The lowest BCUT2D eigenvalue weighted by molar-refractivity contribution is 0.199. The Bertz CT molecular complexity index is 560. The largest absolute Gasteiger partial charge is 0.383 e. The Hall–Kier alpha value is -0.760. The molecular weight excluding hydrogens is 304 g/mol. The van der Waals surface area contributed by atoms with Gasteiger partial charge in [0.15, 0.2) is 10.8 Å². The number of hydrogen-bond donors (Lipinski definition) is 1. The van der Waals surface area contributed by atoms with Crippen LogP contribution in [-0.2, 0) is 11.3 Å². The van der Waals surface area contributed by atoms with Crippen LogP contribution in [0.2, 0.25) is 0 Å². The topological polar surface area (TPSA) is 41.8 Å². The van der Waals surface area contributed by atoms with Crippen LogP contribution in [0.1, 0.15) is 12.1 Å². The summed E-state index contributed by atoms with van der Waals surface area (Å²) < 4.78 is 7.32. The van der Waals surface area contributed by atoms with E-state index < -0.39 is 0 Å². The van der Waals surface area contributed by atoms with E-state index in [9.17, 15) is 0 Å². The Balaban J connectivity index is 1.80. The molecule has 1 fully saturated rings. The maximum Gasteiger partial charge on any atom is 0.195 e. The molecule has 21 heavy (non-hydrogen) atoms. The molecule has 0 amide bonds. The van der Waals surface area contributed by atoms with E-state index in [0.29, 0.717) is 0 Å². The van der Waals surface area contributed by atoms with Crippen LogP contribution in [0.4, 0.5) is 5.82 Å². The van der Waals surface area contributed by atoms with Crippen molar-refractivity contribution in [2.24, 2.45) is 0 Å². The van der Waals surface area contributed by atoms with Crippen LogP contribution in [0, 0.1) is 0 Å². The van der Waals surface area contributed by atoms with Crippen LogP contribution in [0.5, 0.6) is 0 Å².